The summed E-state index contributed by atoms with van der Waals surface area (Å²) in [5.41, 5.74) is 2.27. The van der Waals surface area contributed by atoms with Gasteiger partial charge in [-0.1, -0.05) is 61.2 Å². The molecular formula is C25H23N4O3S+. The van der Waals surface area contributed by atoms with Crippen LogP contribution in [0.5, 0.6) is 5.75 Å². The van der Waals surface area contributed by atoms with Gasteiger partial charge in [-0.3, -0.25) is 14.6 Å². The van der Waals surface area contributed by atoms with Crippen LogP contribution < -0.4 is 19.9 Å². The number of para-hydroxylation sites is 1. The first-order valence-electron chi connectivity index (χ1n) is 10.7. The lowest BCUT2D eigenvalue weighted by Crippen LogP contribution is -2.61. The number of carbonyl (C=O) groups excluding carboxylic acids is 1. The molecule has 1 N–H and O–H groups in total. The van der Waals surface area contributed by atoms with Crippen molar-refractivity contribution in [3.8, 4) is 17.0 Å². The zero-order valence-electron chi connectivity index (χ0n) is 18.5. The Labute approximate surface area is 195 Å². The molecule has 7 nitrogen and oxygen atoms in total. The summed E-state index contributed by atoms with van der Waals surface area (Å²) in [7, 11) is 1.61. The van der Waals surface area contributed by atoms with Crippen LogP contribution in [0.2, 0.25) is 0 Å². The number of anilines is 1. The van der Waals surface area contributed by atoms with Gasteiger partial charge in [0, 0.05) is 11.5 Å². The molecule has 1 aromatic heterocycles. The van der Waals surface area contributed by atoms with Crippen molar-refractivity contribution in [1.82, 2.24) is 10.1 Å². The van der Waals surface area contributed by atoms with Crippen molar-refractivity contribution in [3.63, 3.8) is 0 Å². The molecule has 4 aromatic rings. The Morgan fingerprint density at radius 3 is 2.67 bits per heavy atom. The standard InChI is InChI=1S/C25H22N4O3S/c1-4-20(30)28-18-12-8-7-11-17(18)22-23(31)26-25(33-3)27-29(22)24(28)21-16-10-6-5-9-15(16)13-14-19(21)32-2/h5-14,24H,4H2,1-3H3/p+1. The van der Waals surface area contributed by atoms with E-state index in [-0.39, 0.29) is 11.5 Å². The molecule has 166 valence electrons. The van der Waals surface area contributed by atoms with E-state index in [2.05, 4.69) is 4.98 Å². The summed E-state index contributed by atoms with van der Waals surface area (Å²) < 4.78 is 7.46. The number of aromatic amines is 1. The highest BCUT2D eigenvalue weighted by molar-refractivity contribution is 7.98. The van der Waals surface area contributed by atoms with E-state index >= 15 is 0 Å². The maximum Gasteiger partial charge on any atom is 0.325 e. The predicted octanol–water partition coefficient (Wildman–Crippen LogP) is 3.91. The van der Waals surface area contributed by atoms with E-state index in [1.54, 1.807) is 16.7 Å². The van der Waals surface area contributed by atoms with Gasteiger partial charge in [-0.25, -0.2) is 4.90 Å². The van der Waals surface area contributed by atoms with Crippen molar-refractivity contribution < 1.29 is 14.2 Å². The fourth-order valence-corrected chi connectivity index (χ4v) is 4.85. The highest BCUT2D eigenvalue weighted by Gasteiger charge is 2.47. The number of ether oxygens (including phenoxy) is 1. The first-order valence-corrected chi connectivity index (χ1v) is 11.9. The minimum absolute atomic E-state index is 0.0756. The molecule has 8 heteroatoms. The van der Waals surface area contributed by atoms with Gasteiger partial charge in [0.15, 0.2) is 0 Å². The Morgan fingerprint density at radius 2 is 1.91 bits per heavy atom. The predicted molar refractivity (Wildman–Crippen MR) is 129 cm³/mol. The summed E-state index contributed by atoms with van der Waals surface area (Å²) >= 11 is 1.34. The fraction of sp³-hybridized carbons (Fsp3) is 0.200. The lowest BCUT2D eigenvalue weighted by Gasteiger charge is -2.33. The van der Waals surface area contributed by atoms with Crippen LogP contribution >= 0.6 is 11.8 Å². The van der Waals surface area contributed by atoms with E-state index in [1.807, 2.05) is 73.8 Å². The molecule has 0 aliphatic carbocycles. The van der Waals surface area contributed by atoms with E-state index in [0.717, 1.165) is 16.3 Å². The number of rotatable bonds is 4. The second-order valence-electron chi connectivity index (χ2n) is 7.67. The van der Waals surface area contributed by atoms with Gasteiger partial charge in [-0.15, -0.1) is 0 Å². The summed E-state index contributed by atoms with van der Waals surface area (Å²) in [5, 5.41) is 7.18. The monoisotopic (exact) mass is 459 g/mol. The largest absolute Gasteiger partial charge is 0.496 e. The molecule has 33 heavy (non-hydrogen) atoms. The number of nitrogens with zero attached hydrogens (tertiary/aromatic N) is 3. The van der Waals surface area contributed by atoms with E-state index in [0.29, 0.717) is 34.3 Å². The van der Waals surface area contributed by atoms with Crippen LogP contribution in [0.15, 0.2) is 70.6 Å². The number of methoxy groups -OCH3 is 1. The number of carbonyl (C=O) groups is 1. The van der Waals surface area contributed by atoms with E-state index in [1.165, 1.54) is 11.8 Å². The van der Waals surface area contributed by atoms with Crippen LogP contribution in [-0.4, -0.2) is 29.4 Å². The molecule has 0 saturated heterocycles. The van der Waals surface area contributed by atoms with Crippen molar-refractivity contribution in [3.05, 3.63) is 76.6 Å². The van der Waals surface area contributed by atoms with Crippen molar-refractivity contribution >= 4 is 34.1 Å². The SMILES string of the molecule is CCC(=O)N1c2ccccc2-c2c(=O)[nH]c(SC)n[n+]2C1c1c(OC)ccc2ccccc12. The number of nitrogens with one attached hydrogen (secondary N) is 1. The summed E-state index contributed by atoms with van der Waals surface area (Å²) in [6, 6.07) is 19.3. The van der Waals surface area contributed by atoms with Gasteiger partial charge in [-0.2, -0.15) is 0 Å². The number of thioether (sulfide) groups is 1. The second kappa shape index (κ2) is 8.37. The van der Waals surface area contributed by atoms with Gasteiger partial charge in [0.25, 0.3) is 6.17 Å². The Bertz CT molecular complexity index is 1450. The summed E-state index contributed by atoms with van der Waals surface area (Å²) in [6.45, 7) is 1.83. The van der Waals surface area contributed by atoms with Gasteiger partial charge in [0.2, 0.25) is 11.1 Å². The van der Waals surface area contributed by atoms with Crippen LogP contribution in [-0.2, 0) is 4.79 Å². The average Bonchev–Trinajstić information content (AvgIpc) is 2.86. The Hall–Kier alpha value is -3.65. The number of aromatic nitrogens is 3. The minimum atomic E-state index is -0.698. The number of fused-ring (bicyclic) bond motifs is 4. The normalized spacial score (nSPS) is 14.6. The zero-order valence-corrected chi connectivity index (χ0v) is 19.3. The maximum absolute atomic E-state index is 13.5. The minimum Gasteiger partial charge on any atom is -0.496 e. The van der Waals surface area contributed by atoms with Crippen molar-refractivity contribution in [1.29, 1.82) is 0 Å². The molecule has 1 unspecified atom stereocenters. The molecule has 1 amide bonds. The Morgan fingerprint density at radius 1 is 1.15 bits per heavy atom. The average molecular weight is 460 g/mol. The van der Waals surface area contributed by atoms with Gasteiger partial charge in [0.1, 0.15) is 5.75 Å². The topological polar surface area (TPSA) is 79.2 Å². The van der Waals surface area contributed by atoms with Crippen molar-refractivity contribution in [2.75, 3.05) is 18.3 Å². The number of amides is 1. The molecule has 0 bridgehead atoms. The van der Waals surface area contributed by atoms with Crippen LogP contribution in [0.25, 0.3) is 22.0 Å². The highest BCUT2D eigenvalue weighted by Crippen LogP contribution is 2.42. The summed E-state index contributed by atoms with van der Waals surface area (Å²) in [4.78, 5) is 31.3. The quantitative estimate of drug-likeness (QED) is 0.370. The van der Waals surface area contributed by atoms with Crippen molar-refractivity contribution in [2.45, 2.75) is 24.7 Å². The Kier molecular flexibility index (Phi) is 5.38. The molecular weight excluding hydrogens is 436 g/mol. The van der Waals surface area contributed by atoms with Crippen LogP contribution in [0.4, 0.5) is 5.69 Å². The summed E-state index contributed by atoms with van der Waals surface area (Å²) in [5.74, 6) is 0.548. The number of hydrogen-bond acceptors (Lipinski definition) is 5. The van der Waals surface area contributed by atoms with Crippen LogP contribution in [0.1, 0.15) is 25.1 Å². The molecule has 0 saturated carbocycles. The molecule has 0 radical (unpaired) electrons. The molecule has 0 fully saturated rings. The third-order valence-corrected chi connectivity index (χ3v) is 6.50. The van der Waals surface area contributed by atoms with E-state index < -0.39 is 6.17 Å². The van der Waals surface area contributed by atoms with Gasteiger partial charge in [0.05, 0.1) is 23.9 Å². The third-order valence-electron chi connectivity index (χ3n) is 5.93. The van der Waals surface area contributed by atoms with Crippen LogP contribution in [0.3, 0.4) is 0 Å². The number of benzene rings is 3. The zero-order chi connectivity index (χ0) is 23.1. The number of H-pyrrole nitrogens is 1. The van der Waals surface area contributed by atoms with Gasteiger partial charge >= 0.3 is 11.3 Å². The van der Waals surface area contributed by atoms with Crippen molar-refractivity contribution in [2.24, 2.45) is 0 Å². The lowest BCUT2D eigenvalue weighted by atomic mass is 9.96. The van der Waals surface area contributed by atoms with Gasteiger partial charge in [-0.05, 0) is 39.9 Å². The number of hydrogen-bond donors (Lipinski definition) is 1. The second-order valence-corrected chi connectivity index (χ2v) is 8.46. The molecule has 3 aromatic carbocycles. The third kappa shape index (κ3) is 3.29. The van der Waals surface area contributed by atoms with Gasteiger partial charge < -0.3 is 4.74 Å². The fourth-order valence-electron chi connectivity index (χ4n) is 4.49. The molecule has 1 atom stereocenters. The lowest BCUT2D eigenvalue weighted by molar-refractivity contribution is -0.763. The first kappa shape index (κ1) is 21.2. The first-order chi connectivity index (χ1) is 16.1. The Balaban J connectivity index is 1.95. The summed E-state index contributed by atoms with van der Waals surface area (Å²) in [6.07, 6.45) is 1.45. The molecule has 5 rings (SSSR count). The molecule has 1 aliphatic heterocycles. The van der Waals surface area contributed by atoms with E-state index in [9.17, 15) is 9.59 Å². The molecule has 0 spiro atoms. The van der Waals surface area contributed by atoms with Crippen LogP contribution in [0, 0.1) is 0 Å². The maximum atomic E-state index is 13.5. The highest BCUT2D eigenvalue weighted by atomic mass is 32.2. The smallest absolute Gasteiger partial charge is 0.325 e. The van der Waals surface area contributed by atoms with E-state index in [4.69, 9.17) is 9.84 Å². The molecule has 2 heterocycles. The molecule has 1 aliphatic rings.